The maximum Gasteiger partial charge on any atom is 0.411 e. The molecular weight excluding hydrogens is 478 g/mol. The fourth-order valence-corrected chi connectivity index (χ4v) is 6.00. The smallest absolute Gasteiger partial charge is 0.411 e. The summed E-state index contributed by atoms with van der Waals surface area (Å²) in [6, 6.07) is 5.04. The average Bonchev–Trinajstić information content (AvgIpc) is 3.23. The van der Waals surface area contributed by atoms with Gasteiger partial charge in [-0.2, -0.15) is 0 Å². The van der Waals surface area contributed by atoms with Crippen LogP contribution in [0.2, 0.25) is 0 Å². The van der Waals surface area contributed by atoms with Crippen molar-refractivity contribution in [2.45, 2.75) is 81.9 Å². The number of hydrogen-bond donors (Lipinski definition) is 4. The van der Waals surface area contributed by atoms with E-state index >= 15 is 0 Å². The SMILES string of the molecule is CC(C)OC(=O)Nc1ccc(C2=CNC(C3CCC(NC(=O)OC(C)C)CC3)S2)c(S(=O)O)c1. The van der Waals surface area contributed by atoms with E-state index < -0.39 is 17.2 Å². The lowest BCUT2D eigenvalue weighted by atomic mass is 9.86. The standard InChI is InChI=1S/C23H33N3O6S2/c1-13(2)31-22(27)25-16-7-5-15(6-8-16)21-24-12-19(33-21)18-10-9-17(11-20(18)34(29)30)26-23(28)32-14(3)4/h9-16,21,24H,5-8H2,1-4H3,(H,25,27)(H,26,28)(H,29,30). The van der Waals surface area contributed by atoms with Crippen molar-refractivity contribution in [2.24, 2.45) is 5.92 Å². The summed E-state index contributed by atoms with van der Waals surface area (Å²) < 4.78 is 32.1. The molecule has 0 spiro atoms. The van der Waals surface area contributed by atoms with Crippen LogP contribution in [0.25, 0.3) is 4.91 Å². The summed E-state index contributed by atoms with van der Waals surface area (Å²) in [6.07, 6.45) is 4.16. The molecule has 11 heteroatoms. The van der Waals surface area contributed by atoms with Gasteiger partial charge in [-0.15, -0.1) is 0 Å². The third-order valence-electron chi connectivity index (χ3n) is 5.52. The lowest BCUT2D eigenvalue weighted by Gasteiger charge is -2.32. The predicted octanol–water partition coefficient (Wildman–Crippen LogP) is 4.88. The molecule has 9 nitrogen and oxygen atoms in total. The lowest BCUT2D eigenvalue weighted by molar-refractivity contribution is 0.108. The fourth-order valence-electron chi connectivity index (χ4n) is 4.03. The Morgan fingerprint density at radius 1 is 1.09 bits per heavy atom. The Hall–Kier alpha value is -2.24. The normalized spacial score (nSPS) is 23.1. The van der Waals surface area contributed by atoms with Crippen molar-refractivity contribution in [1.29, 1.82) is 0 Å². The van der Waals surface area contributed by atoms with Gasteiger partial charge >= 0.3 is 12.2 Å². The van der Waals surface area contributed by atoms with Crippen LogP contribution in [0.3, 0.4) is 0 Å². The van der Waals surface area contributed by atoms with Crippen molar-refractivity contribution in [1.82, 2.24) is 10.6 Å². The third kappa shape index (κ3) is 7.38. The van der Waals surface area contributed by atoms with Gasteiger partial charge in [0.2, 0.25) is 0 Å². The summed E-state index contributed by atoms with van der Waals surface area (Å²) in [5, 5.41) is 9.09. The van der Waals surface area contributed by atoms with E-state index in [4.69, 9.17) is 9.47 Å². The van der Waals surface area contributed by atoms with Crippen molar-refractivity contribution < 1.29 is 27.8 Å². The number of benzene rings is 1. The second kappa shape index (κ2) is 11.9. The van der Waals surface area contributed by atoms with Crippen LogP contribution in [-0.4, -0.2) is 44.6 Å². The van der Waals surface area contributed by atoms with Crippen LogP contribution in [0.4, 0.5) is 15.3 Å². The highest BCUT2D eigenvalue weighted by Crippen LogP contribution is 2.43. The van der Waals surface area contributed by atoms with Crippen LogP contribution in [0.5, 0.6) is 0 Å². The van der Waals surface area contributed by atoms with E-state index in [1.165, 1.54) is 6.07 Å². The first kappa shape index (κ1) is 26.4. The minimum Gasteiger partial charge on any atom is -0.447 e. The van der Waals surface area contributed by atoms with Crippen LogP contribution < -0.4 is 16.0 Å². The molecule has 1 fully saturated rings. The Balaban J connectivity index is 1.58. The Bertz CT molecular complexity index is 945. The molecule has 1 aliphatic heterocycles. The van der Waals surface area contributed by atoms with Gasteiger partial charge in [-0.1, -0.05) is 17.8 Å². The van der Waals surface area contributed by atoms with E-state index in [1.54, 1.807) is 37.7 Å². The van der Waals surface area contributed by atoms with Gasteiger partial charge in [0, 0.05) is 28.4 Å². The first-order chi connectivity index (χ1) is 16.1. The summed E-state index contributed by atoms with van der Waals surface area (Å²) in [7, 11) is 0. The number of hydrogen-bond acceptors (Lipinski definition) is 7. The van der Waals surface area contributed by atoms with E-state index in [0.717, 1.165) is 30.6 Å². The molecule has 2 aliphatic rings. The number of carbonyl (C=O) groups excluding carboxylic acids is 2. The van der Waals surface area contributed by atoms with Crippen LogP contribution >= 0.6 is 11.8 Å². The minimum absolute atomic E-state index is 0.118. The molecule has 1 heterocycles. The Kier molecular flexibility index (Phi) is 9.26. The molecule has 0 radical (unpaired) electrons. The van der Waals surface area contributed by atoms with Crippen molar-refractivity contribution in [2.75, 3.05) is 5.32 Å². The monoisotopic (exact) mass is 511 g/mol. The maximum atomic E-state index is 12.0. The van der Waals surface area contributed by atoms with Gasteiger partial charge in [0.25, 0.3) is 0 Å². The highest BCUT2D eigenvalue weighted by atomic mass is 32.2. The lowest BCUT2D eigenvalue weighted by Crippen LogP contribution is -2.41. The molecule has 0 aromatic heterocycles. The number of alkyl carbamates (subject to hydrolysis) is 1. The first-order valence-corrected chi connectivity index (χ1v) is 13.4. The van der Waals surface area contributed by atoms with E-state index in [0.29, 0.717) is 17.2 Å². The highest BCUT2D eigenvalue weighted by molar-refractivity contribution is 8.09. The van der Waals surface area contributed by atoms with E-state index in [2.05, 4.69) is 16.0 Å². The molecule has 1 aliphatic carbocycles. The quantitative estimate of drug-likeness (QED) is 0.382. The van der Waals surface area contributed by atoms with Crippen molar-refractivity contribution in [3.8, 4) is 0 Å². The van der Waals surface area contributed by atoms with Gasteiger partial charge in [-0.25, -0.2) is 13.8 Å². The Morgan fingerprint density at radius 3 is 2.35 bits per heavy atom. The van der Waals surface area contributed by atoms with Crippen LogP contribution in [0.15, 0.2) is 29.3 Å². The largest absolute Gasteiger partial charge is 0.447 e. The summed E-state index contributed by atoms with van der Waals surface area (Å²) in [6.45, 7) is 7.14. The van der Waals surface area contributed by atoms with E-state index in [1.807, 2.05) is 20.0 Å². The number of ether oxygens (including phenoxy) is 2. The molecule has 2 amide bonds. The van der Waals surface area contributed by atoms with Gasteiger partial charge in [-0.3, -0.25) is 5.32 Å². The average molecular weight is 512 g/mol. The molecule has 1 aromatic carbocycles. The summed E-state index contributed by atoms with van der Waals surface area (Å²) >= 11 is -0.596. The maximum absolute atomic E-state index is 12.0. The second-order valence-electron chi connectivity index (χ2n) is 8.96. The van der Waals surface area contributed by atoms with Gasteiger partial charge in [0.1, 0.15) is 0 Å². The fraction of sp³-hybridized carbons (Fsp3) is 0.565. The minimum atomic E-state index is -2.23. The number of rotatable bonds is 7. The zero-order valence-electron chi connectivity index (χ0n) is 19.8. The van der Waals surface area contributed by atoms with Crippen LogP contribution in [-0.2, 0) is 20.6 Å². The Labute approximate surface area is 207 Å². The van der Waals surface area contributed by atoms with Crippen molar-refractivity contribution in [3.05, 3.63) is 30.0 Å². The number of thioether (sulfide) groups is 1. The molecule has 34 heavy (non-hydrogen) atoms. The Morgan fingerprint density at radius 2 is 1.74 bits per heavy atom. The predicted molar refractivity (Wildman–Crippen MR) is 134 cm³/mol. The third-order valence-corrected chi connectivity index (χ3v) is 7.60. The van der Waals surface area contributed by atoms with Gasteiger partial charge < -0.3 is 24.7 Å². The summed E-state index contributed by atoms with van der Waals surface area (Å²) in [5.41, 5.74) is 1.04. The number of nitrogens with one attached hydrogen (secondary N) is 3. The summed E-state index contributed by atoms with van der Waals surface area (Å²) in [5.74, 6) is 0.410. The van der Waals surface area contributed by atoms with Crippen molar-refractivity contribution in [3.63, 3.8) is 0 Å². The molecule has 0 bridgehead atoms. The molecule has 1 aromatic rings. The topological polar surface area (TPSA) is 126 Å². The highest BCUT2D eigenvalue weighted by Gasteiger charge is 2.32. The van der Waals surface area contributed by atoms with E-state index in [9.17, 15) is 18.4 Å². The molecule has 2 atom stereocenters. The van der Waals surface area contributed by atoms with E-state index in [-0.39, 0.29) is 34.6 Å². The van der Waals surface area contributed by atoms with Gasteiger partial charge in [0.15, 0.2) is 11.1 Å². The number of carbonyl (C=O) groups is 2. The molecular formula is C23H33N3O6S2. The number of anilines is 1. The van der Waals surface area contributed by atoms with Gasteiger partial charge in [-0.05, 0) is 71.4 Å². The van der Waals surface area contributed by atoms with Gasteiger partial charge in [0.05, 0.1) is 22.5 Å². The van der Waals surface area contributed by atoms with Crippen molar-refractivity contribution >= 4 is 45.6 Å². The zero-order chi connectivity index (χ0) is 24.8. The zero-order valence-corrected chi connectivity index (χ0v) is 21.5. The van der Waals surface area contributed by atoms with Crippen LogP contribution in [0, 0.1) is 5.92 Å². The molecule has 3 rings (SSSR count). The molecule has 0 saturated heterocycles. The molecule has 188 valence electrons. The second-order valence-corrected chi connectivity index (χ2v) is 11.1. The van der Waals surface area contributed by atoms with Crippen LogP contribution in [0.1, 0.15) is 58.9 Å². The summed E-state index contributed by atoms with van der Waals surface area (Å²) in [4.78, 5) is 24.8. The first-order valence-electron chi connectivity index (χ1n) is 11.4. The molecule has 1 saturated carbocycles. The number of amides is 2. The molecule has 2 unspecified atom stereocenters. The molecule has 4 N–H and O–H groups in total.